The Hall–Kier alpha value is -5.78. The topological polar surface area (TPSA) is 170 Å². The molecule has 44 heavy (non-hydrogen) atoms. The van der Waals surface area contributed by atoms with Crippen molar-refractivity contribution in [2.24, 2.45) is 0 Å². The van der Waals surface area contributed by atoms with Gasteiger partial charge >= 0.3 is 11.9 Å². The first kappa shape index (κ1) is 27.1. The van der Waals surface area contributed by atoms with Gasteiger partial charge in [0.05, 0.1) is 12.8 Å². The van der Waals surface area contributed by atoms with Gasteiger partial charge < -0.3 is 48.8 Å². The first-order valence-corrected chi connectivity index (χ1v) is 13.6. The van der Waals surface area contributed by atoms with Crippen molar-refractivity contribution in [2.75, 3.05) is 13.6 Å². The highest BCUT2D eigenvalue weighted by Gasteiger charge is 2.34. The Morgan fingerprint density at radius 1 is 0.500 bits per heavy atom. The van der Waals surface area contributed by atoms with Gasteiger partial charge in [-0.2, -0.15) is 0 Å². The van der Waals surface area contributed by atoms with E-state index in [0.717, 1.165) is 11.1 Å². The maximum Gasteiger partial charge on any atom is 0.312 e. The van der Waals surface area contributed by atoms with Crippen molar-refractivity contribution in [3.8, 4) is 57.5 Å². The molecule has 8 rings (SSSR count). The second-order valence-corrected chi connectivity index (χ2v) is 10.4. The molecule has 0 unspecified atom stereocenters. The summed E-state index contributed by atoms with van der Waals surface area (Å²) in [6, 6.07) is 15.9. The van der Waals surface area contributed by atoms with Crippen molar-refractivity contribution in [3.05, 3.63) is 82.9 Å². The van der Waals surface area contributed by atoms with Crippen LogP contribution in [0.4, 0.5) is 0 Å². The molecule has 4 aliphatic rings. The number of carbonyl (C=O) groups excluding carboxylic acids is 2. The van der Waals surface area contributed by atoms with Gasteiger partial charge in [-0.25, -0.2) is 0 Å². The third-order valence-electron chi connectivity index (χ3n) is 7.69. The summed E-state index contributed by atoms with van der Waals surface area (Å²) in [7, 11) is 0. The predicted molar refractivity (Wildman–Crippen MR) is 149 cm³/mol. The van der Waals surface area contributed by atoms with Gasteiger partial charge in [0.1, 0.15) is 34.5 Å². The smallest absolute Gasteiger partial charge is 0.312 e. The van der Waals surface area contributed by atoms with Gasteiger partial charge in [-0.1, -0.05) is 12.1 Å². The highest BCUT2D eigenvalue weighted by Crippen LogP contribution is 2.48. The van der Waals surface area contributed by atoms with Crippen LogP contribution in [0.25, 0.3) is 0 Å². The summed E-state index contributed by atoms with van der Waals surface area (Å²) in [5.41, 5.74) is 2.58. The van der Waals surface area contributed by atoms with Crippen LogP contribution in [0.15, 0.2) is 60.7 Å². The van der Waals surface area contributed by atoms with Crippen LogP contribution in [-0.2, 0) is 9.59 Å². The van der Waals surface area contributed by atoms with Crippen LogP contribution in [0.2, 0.25) is 0 Å². The molecule has 4 aromatic rings. The highest BCUT2D eigenvalue weighted by molar-refractivity contribution is 5.80. The van der Waals surface area contributed by atoms with E-state index in [4.69, 9.17) is 28.4 Å². The second kappa shape index (κ2) is 10.5. The van der Waals surface area contributed by atoms with Gasteiger partial charge in [-0.15, -0.1) is 0 Å². The van der Waals surface area contributed by atoms with Gasteiger partial charge in [-0.05, 0) is 35.4 Å². The minimum Gasteiger partial charge on any atom is -0.508 e. The zero-order valence-corrected chi connectivity index (χ0v) is 22.8. The zero-order chi connectivity index (χ0) is 30.5. The van der Waals surface area contributed by atoms with E-state index in [9.17, 15) is 30.0 Å². The van der Waals surface area contributed by atoms with Crippen molar-refractivity contribution in [3.63, 3.8) is 0 Å². The number of rotatable bonds is 2. The highest BCUT2D eigenvalue weighted by atomic mass is 16.7. The lowest BCUT2D eigenvalue weighted by Crippen LogP contribution is -2.21. The first-order chi connectivity index (χ1) is 21.2. The molecular weight excluding hydrogens is 576 g/mol. The molecule has 12 nitrogen and oxygen atoms in total. The Bertz CT molecular complexity index is 1700. The van der Waals surface area contributed by atoms with E-state index in [2.05, 4.69) is 0 Å². The van der Waals surface area contributed by atoms with Gasteiger partial charge in [0.15, 0.2) is 23.0 Å². The fourth-order valence-electron chi connectivity index (χ4n) is 5.76. The number of ether oxygens (including phenoxy) is 6. The van der Waals surface area contributed by atoms with Crippen LogP contribution in [0.3, 0.4) is 0 Å². The summed E-state index contributed by atoms with van der Waals surface area (Å²) in [6.45, 7) is 0.336. The average molecular weight is 601 g/mol. The summed E-state index contributed by atoms with van der Waals surface area (Å²) in [5.74, 6) is 0.772. The molecule has 4 aliphatic heterocycles. The fraction of sp³-hybridized carbons (Fsp3) is 0.188. The maximum atomic E-state index is 11.8. The Morgan fingerprint density at radius 2 is 0.909 bits per heavy atom. The standard InChI is InChI=1S/2C16H12O6/c2*17-9-4-11(18)16-10(6-15(19)22-14(16)5-9)8-1-2-12-13(3-8)21-7-20-12/h2*1-5,10,17-18H,6-7H2/t2*10-/m10/s1. The van der Waals surface area contributed by atoms with Crippen LogP contribution in [0.1, 0.15) is 46.9 Å². The number of aromatic hydroxyl groups is 4. The summed E-state index contributed by atoms with van der Waals surface area (Å²) in [6.07, 6.45) is 0.204. The van der Waals surface area contributed by atoms with Crippen LogP contribution in [0.5, 0.6) is 57.5 Å². The molecular formula is C32H24O12. The predicted octanol–water partition coefficient (Wildman–Crippen LogP) is 4.54. The van der Waals surface area contributed by atoms with E-state index < -0.39 is 11.9 Å². The molecule has 4 N–H and O–H groups in total. The lowest BCUT2D eigenvalue weighted by Gasteiger charge is -2.25. The van der Waals surface area contributed by atoms with Crippen LogP contribution in [-0.4, -0.2) is 46.0 Å². The Labute approximate surface area is 249 Å². The summed E-state index contributed by atoms with van der Waals surface area (Å²) in [5, 5.41) is 39.4. The average Bonchev–Trinajstić information content (AvgIpc) is 3.64. The molecule has 4 heterocycles. The van der Waals surface area contributed by atoms with Crippen molar-refractivity contribution >= 4 is 11.9 Å². The molecule has 0 aromatic heterocycles. The van der Waals surface area contributed by atoms with Crippen molar-refractivity contribution in [1.29, 1.82) is 0 Å². The number of hydrogen-bond acceptors (Lipinski definition) is 12. The van der Waals surface area contributed by atoms with E-state index >= 15 is 0 Å². The summed E-state index contributed by atoms with van der Waals surface area (Å²) >= 11 is 0. The number of carbonyl (C=O) groups is 2. The quantitative estimate of drug-likeness (QED) is 0.187. The number of fused-ring (bicyclic) bond motifs is 4. The first-order valence-electron chi connectivity index (χ1n) is 13.6. The van der Waals surface area contributed by atoms with Gasteiger partial charge in [0.25, 0.3) is 0 Å². The van der Waals surface area contributed by atoms with Crippen LogP contribution in [0, 0.1) is 0 Å². The third-order valence-corrected chi connectivity index (χ3v) is 7.69. The number of phenolic OH excluding ortho intramolecular Hbond substituents is 4. The van der Waals surface area contributed by atoms with E-state index in [-0.39, 0.29) is 72.8 Å². The monoisotopic (exact) mass is 600 g/mol. The number of phenols is 4. The Balaban J connectivity index is 0.000000142. The Morgan fingerprint density at radius 3 is 1.34 bits per heavy atom. The van der Waals surface area contributed by atoms with Gasteiger partial charge in [0.2, 0.25) is 13.6 Å². The molecule has 224 valence electrons. The third kappa shape index (κ3) is 4.85. The lowest BCUT2D eigenvalue weighted by molar-refractivity contribution is -0.136. The lowest BCUT2D eigenvalue weighted by atomic mass is 9.85. The molecule has 0 amide bonds. The van der Waals surface area contributed by atoms with Crippen LogP contribution >= 0.6 is 0 Å². The maximum absolute atomic E-state index is 11.8. The summed E-state index contributed by atoms with van der Waals surface area (Å²) in [4.78, 5) is 23.6. The van der Waals surface area contributed by atoms with E-state index in [0.29, 0.717) is 34.1 Å². The molecule has 0 saturated heterocycles. The Kier molecular flexibility index (Phi) is 6.46. The molecule has 4 aromatic carbocycles. The minimum atomic E-state index is -0.417. The molecule has 0 aliphatic carbocycles. The number of hydrogen-bond donors (Lipinski definition) is 4. The molecule has 2 atom stereocenters. The van der Waals surface area contributed by atoms with E-state index in [1.165, 1.54) is 24.3 Å². The largest absolute Gasteiger partial charge is 0.508 e. The van der Waals surface area contributed by atoms with Crippen molar-refractivity contribution in [1.82, 2.24) is 0 Å². The zero-order valence-electron chi connectivity index (χ0n) is 22.8. The molecule has 0 saturated carbocycles. The second-order valence-electron chi connectivity index (χ2n) is 10.4. The van der Waals surface area contributed by atoms with Crippen LogP contribution < -0.4 is 28.4 Å². The van der Waals surface area contributed by atoms with E-state index in [1.54, 1.807) is 24.3 Å². The molecule has 0 bridgehead atoms. The molecule has 12 heteroatoms. The minimum absolute atomic E-state index is 0.102. The van der Waals surface area contributed by atoms with Gasteiger partial charge in [0, 0.05) is 47.2 Å². The van der Waals surface area contributed by atoms with Crippen molar-refractivity contribution in [2.45, 2.75) is 24.7 Å². The van der Waals surface area contributed by atoms with Gasteiger partial charge in [-0.3, -0.25) is 9.59 Å². The number of esters is 2. The summed E-state index contributed by atoms with van der Waals surface area (Å²) < 4.78 is 31.5. The normalized spacial score (nSPS) is 18.7. The fourth-order valence-corrected chi connectivity index (χ4v) is 5.76. The SMILES string of the molecule is O=C1C[C@@H](c2ccc3c(c2)OCO3)c2c(O)cc(O)cc2O1.O=C1C[C@H](c2ccc3c(c2)OCO3)c2c(O)cc(O)cc2O1. The van der Waals surface area contributed by atoms with Crippen molar-refractivity contribution < 1.29 is 58.4 Å². The van der Waals surface area contributed by atoms with E-state index in [1.807, 2.05) is 12.1 Å². The molecule has 0 fully saturated rings. The molecule has 0 radical (unpaired) electrons. The number of benzene rings is 4. The molecule has 0 spiro atoms.